The van der Waals surface area contributed by atoms with Crippen molar-refractivity contribution in [2.45, 2.75) is 0 Å². The molecule has 0 aliphatic rings. The van der Waals surface area contributed by atoms with E-state index in [0.29, 0.717) is 0 Å². The highest BCUT2D eigenvalue weighted by Gasteiger charge is 2.01. The molecule has 4 aromatic rings. The van der Waals surface area contributed by atoms with Gasteiger partial charge < -0.3 is 0 Å². The van der Waals surface area contributed by atoms with E-state index in [1.165, 1.54) is 10.8 Å². The smallest absolute Gasteiger partial charge is 0.0629 e. The Balaban J connectivity index is 1.74. The zero-order chi connectivity index (χ0) is 17.6. The molecule has 26 heavy (non-hydrogen) atoms. The molecule has 0 aliphatic heterocycles. The van der Waals surface area contributed by atoms with Crippen LogP contribution in [-0.4, -0.2) is 12.4 Å². The lowest BCUT2D eigenvalue weighted by atomic mass is 10.0. The molecule has 4 aromatic carbocycles. The fourth-order valence-electron chi connectivity index (χ4n) is 2.87. The van der Waals surface area contributed by atoms with Gasteiger partial charge in [-0.15, -0.1) is 0 Å². The van der Waals surface area contributed by atoms with Crippen LogP contribution >= 0.6 is 0 Å². The Morgan fingerprint density at radius 2 is 1.12 bits per heavy atom. The summed E-state index contributed by atoms with van der Waals surface area (Å²) in [5.74, 6) is 0. The summed E-state index contributed by atoms with van der Waals surface area (Å²) in [4.78, 5) is 9.19. The van der Waals surface area contributed by atoms with Gasteiger partial charge in [0.25, 0.3) is 0 Å². The molecule has 124 valence electrons. The van der Waals surface area contributed by atoms with E-state index in [2.05, 4.69) is 46.4 Å². The summed E-state index contributed by atoms with van der Waals surface area (Å²) in [5, 5.41) is 2.36. The molecule has 0 atom stereocenters. The number of hydrogen-bond donors (Lipinski definition) is 0. The average Bonchev–Trinajstić information content (AvgIpc) is 2.72. The van der Waals surface area contributed by atoms with Gasteiger partial charge in [0.05, 0.1) is 11.4 Å². The van der Waals surface area contributed by atoms with Gasteiger partial charge >= 0.3 is 0 Å². The molecule has 0 bridgehead atoms. The molecule has 0 unspecified atom stereocenters. The zero-order valence-corrected chi connectivity index (χ0v) is 14.3. The molecule has 4 rings (SSSR count). The third-order valence-electron chi connectivity index (χ3n) is 4.14. The normalized spacial score (nSPS) is 11.5. The first kappa shape index (κ1) is 16.0. The van der Waals surface area contributed by atoms with Crippen molar-refractivity contribution in [3.8, 4) is 0 Å². The van der Waals surface area contributed by atoms with Crippen molar-refractivity contribution in [3.63, 3.8) is 0 Å². The van der Waals surface area contributed by atoms with Crippen LogP contribution in [0.15, 0.2) is 107 Å². The highest BCUT2D eigenvalue weighted by Crippen LogP contribution is 2.21. The quantitative estimate of drug-likeness (QED) is 0.389. The first-order valence-electron chi connectivity index (χ1n) is 8.59. The number of rotatable bonds is 4. The predicted octanol–water partition coefficient (Wildman–Crippen LogP) is 6.34. The lowest BCUT2D eigenvalue weighted by Gasteiger charge is -2.05. The summed E-state index contributed by atoms with van der Waals surface area (Å²) in [6.07, 6.45) is 3.83. The van der Waals surface area contributed by atoms with E-state index < -0.39 is 0 Å². The molecule has 0 heterocycles. The molecule has 0 amide bonds. The summed E-state index contributed by atoms with van der Waals surface area (Å²) in [6.45, 7) is 0. The molecule has 0 saturated carbocycles. The Kier molecular flexibility index (Phi) is 4.66. The maximum Gasteiger partial charge on any atom is 0.0629 e. The Morgan fingerprint density at radius 3 is 1.81 bits per heavy atom. The van der Waals surface area contributed by atoms with E-state index in [1.807, 2.05) is 73.1 Å². The van der Waals surface area contributed by atoms with Gasteiger partial charge in [0.15, 0.2) is 0 Å². The molecule has 0 spiro atoms. The Labute approximate surface area is 153 Å². The first-order valence-corrected chi connectivity index (χ1v) is 8.59. The number of benzene rings is 4. The van der Waals surface area contributed by atoms with Gasteiger partial charge in [-0.2, -0.15) is 0 Å². The second-order valence-corrected chi connectivity index (χ2v) is 6.02. The topological polar surface area (TPSA) is 24.7 Å². The molecule has 2 heteroatoms. The lowest BCUT2D eigenvalue weighted by Crippen LogP contribution is -1.89. The van der Waals surface area contributed by atoms with Crippen molar-refractivity contribution in [1.82, 2.24) is 0 Å². The van der Waals surface area contributed by atoms with Gasteiger partial charge in [-0.3, -0.25) is 9.98 Å². The van der Waals surface area contributed by atoms with Gasteiger partial charge in [0.2, 0.25) is 0 Å². The van der Waals surface area contributed by atoms with E-state index >= 15 is 0 Å². The Hall–Kier alpha value is -3.52. The van der Waals surface area contributed by atoms with Crippen molar-refractivity contribution >= 4 is 34.6 Å². The third kappa shape index (κ3) is 3.76. The second-order valence-electron chi connectivity index (χ2n) is 6.02. The summed E-state index contributed by atoms with van der Waals surface area (Å²) >= 11 is 0. The van der Waals surface area contributed by atoms with Crippen molar-refractivity contribution in [1.29, 1.82) is 0 Å². The van der Waals surface area contributed by atoms with Crippen LogP contribution in [0.3, 0.4) is 0 Å². The van der Waals surface area contributed by atoms with Gasteiger partial charge in [-0.05, 0) is 52.7 Å². The maximum absolute atomic E-state index is 4.62. The van der Waals surface area contributed by atoms with Gasteiger partial charge in [-0.1, -0.05) is 60.7 Å². The minimum absolute atomic E-state index is 0.944. The van der Waals surface area contributed by atoms with Crippen molar-refractivity contribution in [2.24, 2.45) is 9.98 Å². The molecule has 0 N–H and O–H groups in total. The minimum atomic E-state index is 0.944. The molecule has 0 fully saturated rings. The Morgan fingerprint density at radius 1 is 0.538 bits per heavy atom. The summed E-state index contributed by atoms with van der Waals surface area (Å²) < 4.78 is 0. The highest BCUT2D eigenvalue weighted by atomic mass is 14.7. The van der Waals surface area contributed by atoms with Crippen LogP contribution in [0.2, 0.25) is 0 Å². The molecular formula is C24H18N2. The average molecular weight is 334 g/mol. The van der Waals surface area contributed by atoms with E-state index in [-0.39, 0.29) is 0 Å². The molecule has 0 aliphatic carbocycles. The van der Waals surface area contributed by atoms with Crippen molar-refractivity contribution < 1.29 is 0 Å². The number of aliphatic imine (C=N–C) groups is 2. The van der Waals surface area contributed by atoms with Crippen molar-refractivity contribution in [3.05, 3.63) is 108 Å². The molecule has 2 nitrogen and oxygen atoms in total. The van der Waals surface area contributed by atoms with Crippen molar-refractivity contribution in [2.75, 3.05) is 0 Å². The maximum atomic E-state index is 4.62. The fourth-order valence-corrected chi connectivity index (χ4v) is 2.87. The molecule has 0 radical (unpaired) electrons. The summed E-state index contributed by atoms with van der Waals surface area (Å²) in [6, 6.07) is 32.6. The van der Waals surface area contributed by atoms with Crippen LogP contribution in [-0.2, 0) is 0 Å². The van der Waals surface area contributed by atoms with E-state index in [0.717, 1.165) is 22.5 Å². The van der Waals surface area contributed by atoms with Gasteiger partial charge in [0, 0.05) is 18.0 Å². The van der Waals surface area contributed by atoms with Crippen LogP contribution in [0.4, 0.5) is 11.4 Å². The van der Waals surface area contributed by atoms with Crippen LogP contribution in [0, 0.1) is 0 Å². The van der Waals surface area contributed by atoms with Crippen LogP contribution < -0.4 is 0 Å². The second kappa shape index (κ2) is 7.58. The first-order chi connectivity index (χ1) is 12.9. The summed E-state index contributed by atoms with van der Waals surface area (Å²) in [5.41, 5.74) is 4.03. The summed E-state index contributed by atoms with van der Waals surface area (Å²) in [7, 11) is 0. The number of para-hydroxylation sites is 2. The van der Waals surface area contributed by atoms with Crippen LogP contribution in [0.25, 0.3) is 10.8 Å². The number of nitrogens with zero attached hydrogens (tertiary/aromatic N) is 2. The number of fused-ring (bicyclic) bond motifs is 1. The Bertz CT molecular complexity index is 1070. The largest absolute Gasteiger partial charge is 0.256 e. The molecular weight excluding hydrogens is 316 g/mol. The third-order valence-corrected chi connectivity index (χ3v) is 4.14. The molecule has 0 aromatic heterocycles. The fraction of sp³-hybridized carbons (Fsp3) is 0. The lowest BCUT2D eigenvalue weighted by molar-refractivity contribution is 1.52. The zero-order valence-electron chi connectivity index (χ0n) is 14.3. The SMILES string of the molecule is C(=N\c1ccccc1)/c1cc(/C=N/c2ccccc2)c2ccccc2c1. The van der Waals surface area contributed by atoms with E-state index in [9.17, 15) is 0 Å². The van der Waals surface area contributed by atoms with E-state index in [1.54, 1.807) is 0 Å². The minimum Gasteiger partial charge on any atom is -0.256 e. The van der Waals surface area contributed by atoms with Crippen LogP contribution in [0.1, 0.15) is 11.1 Å². The monoisotopic (exact) mass is 334 g/mol. The predicted molar refractivity (Wildman–Crippen MR) is 111 cm³/mol. The van der Waals surface area contributed by atoms with E-state index in [4.69, 9.17) is 0 Å². The number of hydrogen-bond acceptors (Lipinski definition) is 2. The van der Waals surface area contributed by atoms with Gasteiger partial charge in [0.1, 0.15) is 0 Å². The standard InChI is InChI=1S/C24H18N2/c1-3-10-22(11-4-1)25-17-19-15-20-9-7-8-14-24(20)21(16-19)18-26-23-12-5-2-6-13-23/h1-18H/b25-17+,26-18+. The van der Waals surface area contributed by atoms with Crippen LogP contribution in [0.5, 0.6) is 0 Å². The highest BCUT2D eigenvalue weighted by molar-refractivity contribution is 6.03. The molecule has 0 saturated heterocycles. The van der Waals surface area contributed by atoms with Gasteiger partial charge in [-0.25, -0.2) is 0 Å².